The van der Waals surface area contributed by atoms with E-state index in [0.717, 1.165) is 26.2 Å². The molecule has 1 aliphatic heterocycles. The number of rotatable bonds is 7. The summed E-state index contributed by atoms with van der Waals surface area (Å²) in [7, 11) is 1.72. The monoisotopic (exact) mass is 423 g/mol. The Labute approximate surface area is 182 Å². The van der Waals surface area contributed by atoms with Crippen molar-refractivity contribution in [2.45, 2.75) is 38.4 Å². The van der Waals surface area contributed by atoms with Gasteiger partial charge in [-0.2, -0.15) is 0 Å². The number of benzene rings is 2. The third-order valence-electron chi connectivity index (χ3n) is 6.32. The molecule has 0 bridgehead atoms. The average molecular weight is 424 g/mol. The number of fused-ring (bicyclic) bond motifs is 1. The number of hydrogen-bond acceptors (Lipinski definition) is 3. The van der Waals surface area contributed by atoms with Crippen molar-refractivity contribution in [3.05, 3.63) is 71.7 Å². The van der Waals surface area contributed by atoms with Crippen molar-refractivity contribution in [3.8, 4) is 0 Å². The van der Waals surface area contributed by atoms with Gasteiger partial charge in [-0.3, -0.25) is 9.69 Å². The Balaban J connectivity index is 1.53. The molecular formula is C25H30FN3O2. The van der Waals surface area contributed by atoms with Gasteiger partial charge in [0, 0.05) is 62.9 Å². The number of carbonyl (C=O) groups is 1. The molecule has 0 unspecified atom stereocenters. The highest BCUT2D eigenvalue weighted by Gasteiger charge is 2.38. The van der Waals surface area contributed by atoms with Gasteiger partial charge in [-0.15, -0.1) is 0 Å². The lowest BCUT2D eigenvalue weighted by atomic mass is 9.80. The predicted molar refractivity (Wildman–Crippen MR) is 120 cm³/mol. The van der Waals surface area contributed by atoms with Crippen LogP contribution in [0.1, 0.15) is 30.9 Å². The zero-order chi connectivity index (χ0) is 21.8. The Morgan fingerprint density at radius 1 is 1.13 bits per heavy atom. The van der Waals surface area contributed by atoms with Crippen LogP contribution in [0.25, 0.3) is 10.9 Å². The second-order valence-electron chi connectivity index (χ2n) is 8.38. The van der Waals surface area contributed by atoms with Crippen LogP contribution in [0.15, 0.2) is 54.7 Å². The summed E-state index contributed by atoms with van der Waals surface area (Å²) in [5.74, 6) is -0.385. The Bertz CT molecular complexity index is 1050. The second-order valence-corrected chi connectivity index (χ2v) is 8.38. The number of aromatic nitrogens is 1. The molecule has 3 aromatic rings. The summed E-state index contributed by atoms with van der Waals surface area (Å²) in [5.41, 5.74) is 2.43. The van der Waals surface area contributed by atoms with Crippen LogP contribution >= 0.6 is 0 Å². The fourth-order valence-electron chi connectivity index (χ4n) is 4.81. The lowest BCUT2D eigenvalue weighted by molar-refractivity contribution is -0.121. The SMILES string of the molecule is COCCn1cc(CN2CCC(NC(C)=O)(c3ccccc3F)CC2)c2ccccc21. The van der Waals surface area contributed by atoms with Gasteiger partial charge in [-0.25, -0.2) is 4.39 Å². The van der Waals surface area contributed by atoms with Gasteiger partial charge in [0.05, 0.1) is 12.1 Å². The maximum absolute atomic E-state index is 14.6. The molecular weight excluding hydrogens is 393 g/mol. The highest BCUT2D eigenvalue weighted by atomic mass is 19.1. The van der Waals surface area contributed by atoms with E-state index in [9.17, 15) is 9.18 Å². The number of piperidine rings is 1. The molecule has 6 heteroatoms. The summed E-state index contributed by atoms with van der Waals surface area (Å²) in [6.45, 7) is 5.38. The highest BCUT2D eigenvalue weighted by Crippen LogP contribution is 2.35. The maximum atomic E-state index is 14.6. The molecule has 2 heterocycles. The zero-order valence-electron chi connectivity index (χ0n) is 18.2. The van der Waals surface area contributed by atoms with E-state index in [2.05, 4.69) is 45.2 Å². The van der Waals surface area contributed by atoms with E-state index in [4.69, 9.17) is 4.74 Å². The van der Waals surface area contributed by atoms with E-state index in [-0.39, 0.29) is 11.7 Å². The summed E-state index contributed by atoms with van der Waals surface area (Å²) in [5, 5.41) is 4.33. The maximum Gasteiger partial charge on any atom is 0.217 e. The van der Waals surface area contributed by atoms with Crippen LogP contribution in [0.4, 0.5) is 4.39 Å². The first-order chi connectivity index (χ1) is 15.0. The van der Waals surface area contributed by atoms with Crippen LogP contribution in [0.2, 0.25) is 0 Å². The predicted octanol–water partition coefficient (Wildman–Crippen LogP) is 4.05. The van der Waals surface area contributed by atoms with E-state index in [1.807, 2.05) is 6.07 Å². The molecule has 0 radical (unpaired) electrons. The van der Waals surface area contributed by atoms with Gasteiger partial charge in [-0.1, -0.05) is 36.4 Å². The lowest BCUT2D eigenvalue weighted by Gasteiger charge is -2.42. The molecule has 2 aromatic carbocycles. The summed E-state index contributed by atoms with van der Waals surface area (Å²) in [4.78, 5) is 14.3. The van der Waals surface area contributed by atoms with Crippen LogP contribution in [-0.2, 0) is 28.2 Å². The Morgan fingerprint density at radius 3 is 2.55 bits per heavy atom. The minimum atomic E-state index is -0.653. The first-order valence-electron chi connectivity index (χ1n) is 10.8. The van der Waals surface area contributed by atoms with Crippen LogP contribution in [0, 0.1) is 5.82 Å². The van der Waals surface area contributed by atoms with Crippen LogP contribution < -0.4 is 5.32 Å². The van der Waals surface area contributed by atoms with Gasteiger partial charge in [0.2, 0.25) is 5.91 Å². The Kier molecular flexibility index (Phi) is 6.39. The van der Waals surface area contributed by atoms with Crippen molar-refractivity contribution >= 4 is 16.8 Å². The second kappa shape index (κ2) is 9.20. The molecule has 5 nitrogen and oxygen atoms in total. The zero-order valence-corrected chi connectivity index (χ0v) is 18.2. The molecule has 164 valence electrons. The number of para-hydroxylation sites is 1. The van der Waals surface area contributed by atoms with Crippen molar-refractivity contribution in [1.29, 1.82) is 0 Å². The van der Waals surface area contributed by atoms with Crippen LogP contribution in [0.3, 0.4) is 0 Å². The molecule has 1 aromatic heterocycles. The standard InChI is InChI=1S/C25H30FN3O2/c1-19(30)27-25(22-8-4-5-9-23(22)26)11-13-28(14-12-25)17-20-18-29(15-16-31-2)24-10-6-3-7-21(20)24/h3-10,18H,11-17H2,1-2H3,(H,27,30). The first-order valence-corrected chi connectivity index (χ1v) is 10.8. The molecule has 1 fully saturated rings. The number of likely N-dealkylation sites (tertiary alicyclic amines) is 1. The highest BCUT2D eigenvalue weighted by molar-refractivity contribution is 5.84. The van der Waals surface area contributed by atoms with E-state index < -0.39 is 5.54 Å². The number of carbonyl (C=O) groups excluding carboxylic acids is 1. The number of hydrogen-bond donors (Lipinski definition) is 1. The number of ether oxygens (including phenoxy) is 1. The number of methoxy groups -OCH3 is 1. The van der Waals surface area contributed by atoms with E-state index in [0.29, 0.717) is 25.0 Å². The van der Waals surface area contributed by atoms with Gasteiger partial charge in [0.1, 0.15) is 5.82 Å². The van der Waals surface area contributed by atoms with Gasteiger partial charge in [0.25, 0.3) is 0 Å². The van der Waals surface area contributed by atoms with Gasteiger partial charge in [0.15, 0.2) is 0 Å². The molecule has 0 aliphatic carbocycles. The fraction of sp³-hybridized carbons (Fsp3) is 0.400. The number of nitrogens with one attached hydrogen (secondary N) is 1. The summed E-state index contributed by atoms with van der Waals surface area (Å²) >= 11 is 0. The third kappa shape index (κ3) is 4.50. The molecule has 31 heavy (non-hydrogen) atoms. The molecule has 0 atom stereocenters. The van der Waals surface area contributed by atoms with Crippen molar-refractivity contribution < 1.29 is 13.9 Å². The van der Waals surface area contributed by atoms with Crippen molar-refractivity contribution in [3.63, 3.8) is 0 Å². The summed E-state index contributed by atoms with van der Waals surface area (Å²) in [6, 6.07) is 15.2. The summed E-state index contributed by atoms with van der Waals surface area (Å²) < 4.78 is 22.1. The van der Waals surface area contributed by atoms with Crippen molar-refractivity contribution in [2.24, 2.45) is 0 Å². The molecule has 1 saturated heterocycles. The van der Waals surface area contributed by atoms with Crippen molar-refractivity contribution in [1.82, 2.24) is 14.8 Å². The Morgan fingerprint density at radius 2 is 1.84 bits per heavy atom. The average Bonchev–Trinajstić information content (AvgIpc) is 3.11. The summed E-state index contributed by atoms with van der Waals surface area (Å²) in [6.07, 6.45) is 3.57. The number of halogens is 1. The molecule has 1 amide bonds. The molecule has 4 rings (SSSR count). The van der Waals surface area contributed by atoms with Gasteiger partial charge >= 0.3 is 0 Å². The van der Waals surface area contributed by atoms with Crippen LogP contribution in [-0.4, -0.2) is 42.2 Å². The van der Waals surface area contributed by atoms with Gasteiger partial charge in [-0.05, 0) is 30.5 Å². The van der Waals surface area contributed by atoms with Crippen molar-refractivity contribution in [2.75, 3.05) is 26.8 Å². The molecule has 0 saturated carbocycles. The first kappa shape index (κ1) is 21.5. The van der Waals surface area contributed by atoms with E-state index >= 15 is 0 Å². The number of amides is 1. The minimum Gasteiger partial charge on any atom is -0.383 e. The molecule has 0 spiro atoms. The topological polar surface area (TPSA) is 46.5 Å². The fourth-order valence-corrected chi connectivity index (χ4v) is 4.81. The van der Waals surface area contributed by atoms with E-state index in [1.165, 1.54) is 29.5 Å². The largest absolute Gasteiger partial charge is 0.383 e. The lowest BCUT2D eigenvalue weighted by Crippen LogP contribution is -2.52. The smallest absolute Gasteiger partial charge is 0.217 e. The number of nitrogens with zero attached hydrogens (tertiary/aromatic N) is 2. The van der Waals surface area contributed by atoms with Crippen LogP contribution in [0.5, 0.6) is 0 Å². The Hall–Kier alpha value is -2.70. The van der Waals surface area contributed by atoms with Gasteiger partial charge < -0.3 is 14.6 Å². The molecule has 1 aliphatic rings. The quantitative estimate of drug-likeness (QED) is 0.624. The minimum absolute atomic E-state index is 0.127. The normalized spacial score (nSPS) is 16.5. The van der Waals surface area contributed by atoms with E-state index in [1.54, 1.807) is 19.2 Å². The third-order valence-corrected chi connectivity index (χ3v) is 6.32. The molecule has 1 N–H and O–H groups in total.